The summed E-state index contributed by atoms with van der Waals surface area (Å²) in [5.41, 5.74) is 11.9. The van der Waals surface area contributed by atoms with Crippen molar-refractivity contribution in [3.63, 3.8) is 0 Å². The Hall–Kier alpha value is -6.88. The summed E-state index contributed by atoms with van der Waals surface area (Å²) >= 11 is 1.86. The third-order valence-electron chi connectivity index (χ3n) is 12.6. The highest BCUT2D eigenvalue weighted by atomic mass is 32.1. The number of nitrogens with zero attached hydrogens (tertiary/aromatic N) is 3. The van der Waals surface area contributed by atoms with Crippen molar-refractivity contribution in [3.8, 4) is 11.1 Å². The highest BCUT2D eigenvalue weighted by molar-refractivity contribution is 7.26. The normalized spacial score (nSPS) is 18.6. The zero-order valence-electron chi connectivity index (χ0n) is 34.2. The molecule has 0 N–H and O–H groups in total. The van der Waals surface area contributed by atoms with Crippen molar-refractivity contribution in [2.45, 2.75) is 32.2 Å². The lowest BCUT2D eigenvalue weighted by Crippen LogP contribution is -2.30. The minimum absolute atomic E-state index is 0.0188. The molecule has 0 saturated heterocycles. The Balaban J connectivity index is 1.05. The summed E-state index contributed by atoms with van der Waals surface area (Å²) in [5.74, 6) is 1.24. The first-order valence-corrected chi connectivity index (χ1v) is 22.3. The molecule has 3 atom stereocenters. The fourth-order valence-corrected chi connectivity index (χ4v) is 10.7. The van der Waals surface area contributed by atoms with Crippen LogP contribution < -0.4 is 4.90 Å². The van der Waals surface area contributed by atoms with E-state index in [0.717, 1.165) is 53.3 Å². The van der Waals surface area contributed by atoms with Crippen molar-refractivity contribution in [2.24, 2.45) is 21.8 Å². The van der Waals surface area contributed by atoms with Crippen LogP contribution in [0.25, 0.3) is 47.6 Å². The predicted molar refractivity (Wildman–Crippen MR) is 262 cm³/mol. The van der Waals surface area contributed by atoms with E-state index in [9.17, 15) is 0 Å². The number of benzene rings is 7. The van der Waals surface area contributed by atoms with E-state index >= 15 is 0 Å². The largest absolute Gasteiger partial charge is 0.310 e. The quantitative estimate of drug-likeness (QED) is 0.150. The van der Waals surface area contributed by atoms with Crippen LogP contribution in [0.5, 0.6) is 0 Å². The molecule has 0 radical (unpaired) electrons. The molecule has 0 amide bonds. The molecule has 0 fully saturated rings. The Morgan fingerprint density at radius 1 is 0.607 bits per heavy atom. The van der Waals surface area contributed by atoms with Gasteiger partial charge in [0, 0.05) is 60.3 Å². The third-order valence-corrected chi connectivity index (χ3v) is 13.7. The van der Waals surface area contributed by atoms with Gasteiger partial charge < -0.3 is 4.90 Å². The van der Waals surface area contributed by atoms with Crippen LogP contribution in [0, 0.1) is 11.8 Å². The molecule has 11 rings (SSSR count). The van der Waals surface area contributed by atoms with Gasteiger partial charge in [0.05, 0.1) is 6.04 Å². The van der Waals surface area contributed by atoms with Crippen molar-refractivity contribution in [3.05, 3.63) is 217 Å². The van der Waals surface area contributed by atoms with E-state index in [1.165, 1.54) is 58.9 Å². The summed E-state index contributed by atoms with van der Waals surface area (Å²) in [6, 6.07) is 57.8. The van der Waals surface area contributed by atoms with Gasteiger partial charge in [-0.15, -0.1) is 11.3 Å². The van der Waals surface area contributed by atoms with Gasteiger partial charge in [-0.3, -0.25) is 4.99 Å². The molecule has 2 heterocycles. The van der Waals surface area contributed by atoms with Gasteiger partial charge in [-0.1, -0.05) is 165 Å². The van der Waals surface area contributed by atoms with Crippen LogP contribution in [0.2, 0.25) is 0 Å². The average Bonchev–Trinajstić information content (AvgIpc) is 3.71. The molecule has 3 nitrogen and oxygen atoms in total. The van der Waals surface area contributed by atoms with Crippen LogP contribution in [0.15, 0.2) is 210 Å². The Labute approximate surface area is 361 Å². The molecule has 294 valence electrons. The van der Waals surface area contributed by atoms with Crippen LogP contribution in [0.3, 0.4) is 0 Å². The number of rotatable bonds is 8. The van der Waals surface area contributed by atoms with Gasteiger partial charge in [-0.2, -0.15) is 0 Å². The van der Waals surface area contributed by atoms with Gasteiger partial charge in [-0.05, 0) is 100 Å². The average molecular weight is 804 g/mol. The van der Waals surface area contributed by atoms with Crippen LogP contribution in [-0.4, -0.2) is 11.5 Å². The van der Waals surface area contributed by atoms with Crippen molar-refractivity contribution in [2.75, 3.05) is 4.90 Å². The fraction of sp³-hybridized carbons (Fsp3) is 0.123. The lowest BCUT2D eigenvalue weighted by Gasteiger charge is -2.31. The molecule has 0 spiro atoms. The Bertz CT molecular complexity index is 3160. The van der Waals surface area contributed by atoms with E-state index in [2.05, 4.69) is 212 Å². The molecule has 3 aliphatic rings. The zero-order chi connectivity index (χ0) is 40.7. The summed E-state index contributed by atoms with van der Waals surface area (Å²) in [6.45, 7) is 2.30. The van der Waals surface area contributed by atoms with Crippen LogP contribution in [-0.2, 0) is 0 Å². The Kier molecular flexibility index (Phi) is 9.71. The number of allylic oxidation sites excluding steroid dienone is 8. The van der Waals surface area contributed by atoms with Crippen LogP contribution >= 0.6 is 11.3 Å². The molecule has 4 heteroatoms. The van der Waals surface area contributed by atoms with Crippen molar-refractivity contribution in [1.29, 1.82) is 0 Å². The maximum Gasteiger partial charge on any atom is 0.155 e. The number of hydrogen-bond donors (Lipinski definition) is 0. The fourth-order valence-electron chi connectivity index (χ4n) is 9.56. The van der Waals surface area contributed by atoms with Crippen LogP contribution in [0.1, 0.15) is 48.9 Å². The smallest absolute Gasteiger partial charge is 0.155 e. The first-order valence-electron chi connectivity index (χ1n) is 21.5. The SMILES string of the molecule is C[C@H]1C(C2C=CC=CC2)=NC(c2ccccc2-c2cccc3sc4cc(N(c5cccc(C6=CC=CCC6)c5)c5ccc6ccccc6c5)ccc4c23)=NC1c1ccccc1. The highest BCUT2D eigenvalue weighted by Gasteiger charge is 2.33. The van der Waals surface area contributed by atoms with Gasteiger partial charge >= 0.3 is 0 Å². The van der Waals surface area contributed by atoms with Gasteiger partial charge in [0.25, 0.3) is 0 Å². The second-order valence-electron chi connectivity index (χ2n) is 16.4. The summed E-state index contributed by atoms with van der Waals surface area (Å²) < 4.78 is 2.52. The van der Waals surface area contributed by atoms with Crippen molar-refractivity contribution in [1.82, 2.24) is 0 Å². The van der Waals surface area contributed by atoms with Gasteiger partial charge in [0.1, 0.15) is 0 Å². The third kappa shape index (κ3) is 6.97. The van der Waals surface area contributed by atoms with Crippen molar-refractivity contribution >= 4 is 76.5 Å². The van der Waals surface area contributed by atoms with E-state index in [1.807, 2.05) is 11.3 Å². The highest BCUT2D eigenvalue weighted by Crippen LogP contribution is 2.46. The maximum absolute atomic E-state index is 5.49. The minimum atomic E-state index is -0.0188. The lowest BCUT2D eigenvalue weighted by molar-refractivity contribution is 0.568. The number of anilines is 3. The number of aliphatic imine (C=N–C) groups is 2. The molecule has 7 aromatic carbocycles. The summed E-state index contributed by atoms with van der Waals surface area (Å²) in [4.78, 5) is 13.4. The number of hydrogen-bond acceptors (Lipinski definition) is 4. The molecule has 0 bridgehead atoms. The van der Waals surface area contributed by atoms with E-state index in [0.29, 0.717) is 0 Å². The minimum Gasteiger partial charge on any atom is -0.310 e. The van der Waals surface area contributed by atoms with E-state index in [-0.39, 0.29) is 17.9 Å². The lowest BCUT2D eigenvalue weighted by atomic mass is 9.81. The number of fused-ring (bicyclic) bond motifs is 4. The molecule has 8 aromatic rings. The number of amidine groups is 1. The Morgan fingerprint density at radius 2 is 1.38 bits per heavy atom. The summed E-state index contributed by atoms with van der Waals surface area (Å²) in [5, 5.41) is 4.99. The van der Waals surface area contributed by atoms with E-state index in [1.54, 1.807) is 0 Å². The van der Waals surface area contributed by atoms with Gasteiger partial charge in [0.2, 0.25) is 0 Å². The first kappa shape index (κ1) is 37.1. The molecule has 1 aliphatic heterocycles. The summed E-state index contributed by atoms with van der Waals surface area (Å²) in [6.07, 6.45) is 18.7. The zero-order valence-corrected chi connectivity index (χ0v) is 35.0. The molecule has 1 aromatic heterocycles. The van der Waals surface area contributed by atoms with E-state index < -0.39 is 0 Å². The molecule has 0 saturated carbocycles. The van der Waals surface area contributed by atoms with E-state index in [4.69, 9.17) is 9.98 Å². The summed E-state index contributed by atoms with van der Waals surface area (Å²) in [7, 11) is 0. The number of thiophene rings is 1. The predicted octanol–water partition coefficient (Wildman–Crippen LogP) is 15.8. The molecule has 2 unspecified atom stereocenters. The molecule has 61 heavy (non-hydrogen) atoms. The maximum atomic E-state index is 5.49. The molecule has 2 aliphatic carbocycles. The topological polar surface area (TPSA) is 28.0 Å². The second kappa shape index (κ2) is 15.9. The standard InChI is InChI=1S/C57H45N3S/c1-38-55(41-20-7-3-8-21-41)58-57(59-56(38)42-22-9-4-10-23-42)50-28-14-13-27-48(50)49-29-16-30-52-54(49)51-34-33-47(37-53(51)61-52)60(46-32-31-40-19-11-12-24-43(40)36-46)45-26-15-25-44(35-45)39-17-5-2-6-18-39/h2-5,7-17,19-22,24-38,42,55H,6,18,23H2,1H3/t38-,42?,55?/m1/s1. The first-order chi connectivity index (χ1) is 30.2. The Morgan fingerprint density at radius 3 is 2.23 bits per heavy atom. The van der Waals surface area contributed by atoms with Crippen molar-refractivity contribution < 1.29 is 0 Å². The second-order valence-corrected chi connectivity index (χ2v) is 17.5. The molecular weight excluding hydrogens is 759 g/mol. The van der Waals surface area contributed by atoms with Gasteiger partial charge in [0.15, 0.2) is 5.84 Å². The monoisotopic (exact) mass is 803 g/mol. The molecular formula is C57H45N3S. The van der Waals surface area contributed by atoms with Crippen LogP contribution in [0.4, 0.5) is 17.1 Å². The van der Waals surface area contributed by atoms with Gasteiger partial charge in [-0.25, -0.2) is 4.99 Å².